The average molecular weight is 268 g/mol. The second kappa shape index (κ2) is 6.21. The summed E-state index contributed by atoms with van der Waals surface area (Å²) in [6.07, 6.45) is 3.25. The second-order valence-corrected chi connectivity index (χ2v) is 4.86. The maximum atomic E-state index is 11.2. The molecule has 1 heterocycles. The molecular weight excluding hydrogens is 250 g/mol. The van der Waals surface area contributed by atoms with Gasteiger partial charge in [-0.25, -0.2) is 0 Å². The summed E-state index contributed by atoms with van der Waals surface area (Å²) in [7, 11) is 0. The fourth-order valence-corrected chi connectivity index (χ4v) is 2.66. The van der Waals surface area contributed by atoms with Crippen LogP contribution in [0.25, 0.3) is 0 Å². The van der Waals surface area contributed by atoms with Gasteiger partial charge < -0.3 is 9.64 Å². The van der Waals surface area contributed by atoms with Gasteiger partial charge in [-0.15, -0.1) is 0 Å². The molecule has 1 aliphatic heterocycles. The molecule has 0 bridgehead atoms. The third-order valence-corrected chi connectivity index (χ3v) is 3.60. The molecule has 1 atom stereocenters. The molecule has 3 nitrogen and oxygen atoms in total. The first kappa shape index (κ1) is 13.4. The van der Waals surface area contributed by atoms with Crippen LogP contribution in [0.3, 0.4) is 0 Å². The first-order chi connectivity index (χ1) is 8.76. The van der Waals surface area contributed by atoms with Crippen LogP contribution in [0.1, 0.15) is 30.1 Å². The SMILES string of the molecule is CCOC1CCCN(c2cccc(Cl)c2C=O)C1. The number of rotatable bonds is 4. The summed E-state index contributed by atoms with van der Waals surface area (Å²) >= 11 is 6.06. The van der Waals surface area contributed by atoms with Gasteiger partial charge in [0.25, 0.3) is 0 Å². The van der Waals surface area contributed by atoms with Crippen molar-refractivity contribution in [2.75, 3.05) is 24.6 Å². The molecule has 0 amide bonds. The molecule has 1 unspecified atom stereocenters. The molecule has 2 rings (SSSR count). The third kappa shape index (κ3) is 2.85. The van der Waals surface area contributed by atoms with Crippen molar-refractivity contribution in [3.8, 4) is 0 Å². The van der Waals surface area contributed by atoms with Crippen molar-refractivity contribution in [1.82, 2.24) is 0 Å². The highest BCUT2D eigenvalue weighted by atomic mass is 35.5. The van der Waals surface area contributed by atoms with Crippen LogP contribution in [-0.4, -0.2) is 32.1 Å². The number of piperidine rings is 1. The van der Waals surface area contributed by atoms with E-state index in [4.69, 9.17) is 16.3 Å². The molecule has 4 heteroatoms. The van der Waals surface area contributed by atoms with E-state index in [0.29, 0.717) is 10.6 Å². The summed E-state index contributed by atoms with van der Waals surface area (Å²) in [6.45, 7) is 4.52. The van der Waals surface area contributed by atoms with Crippen molar-refractivity contribution in [3.05, 3.63) is 28.8 Å². The lowest BCUT2D eigenvalue weighted by Gasteiger charge is -2.34. The fourth-order valence-electron chi connectivity index (χ4n) is 2.45. The van der Waals surface area contributed by atoms with Crippen LogP contribution in [0.2, 0.25) is 5.02 Å². The Labute approximate surface area is 113 Å². The summed E-state index contributed by atoms with van der Waals surface area (Å²) in [5.74, 6) is 0. The molecule has 1 fully saturated rings. The number of benzene rings is 1. The molecule has 1 aliphatic rings. The number of anilines is 1. The normalized spacial score (nSPS) is 19.9. The monoisotopic (exact) mass is 267 g/mol. The smallest absolute Gasteiger partial charge is 0.153 e. The van der Waals surface area contributed by atoms with E-state index in [1.807, 2.05) is 19.1 Å². The molecule has 0 N–H and O–H groups in total. The molecule has 0 saturated carbocycles. The van der Waals surface area contributed by atoms with Crippen molar-refractivity contribution in [1.29, 1.82) is 0 Å². The summed E-state index contributed by atoms with van der Waals surface area (Å²) < 4.78 is 5.68. The minimum absolute atomic E-state index is 0.252. The van der Waals surface area contributed by atoms with Gasteiger partial charge >= 0.3 is 0 Å². The van der Waals surface area contributed by atoms with Gasteiger partial charge in [0.05, 0.1) is 16.7 Å². The maximum absolute atomic E-state index is 11.2. The average Bonchev–Trinajstić information content (AvgIpc) is 2.39. The lowest BCUT2D eigenvalue weighted by atomic mass is 10.1. The van der Waals surface area contributed by atoms with Crippen LogP contribution in [0, 0.1) is 0 Å². The lowest BCUT2D eigenvalue weighted by Crippen LogP contribution is -2.40. The van der Waals surface area contributed by atoms with Gasteiger partial charge in [-0.1, -0.05) is 17.7 Å². The number of nitrogens with zero attached hydrogens (tertiary/aromatic N) is 1. The Morgan fingerprint density at radius 1 is 1.56 bits per heavy atom. The van der Waals surface area contributed by atoms with Crippen LogP contribution in [0.5, 0.6) is 0 Å². The molecule has 0 spiro atoms. The number of ether oxygens (including phenoxy) is 1. The number of aldehydes is 1. The van der Waals surface area contributed by atoms with Crippen molar-refractivity contribution >= 4 is 23.6 Å². The first-order valence-electron chi connectivity index (χ1n) is 6.36. The van der Waals surface area contributed by atoms with Crippen molar-refractivity contribution in [2.24, 2.45) is 0 Å². The molecule has 0 radical (unpaired) electrons. The van der Waals surface area contributed by atoms with E-state index >= 15 is 0 Å². The summed E-state index contributed by atoms with van der Waals surface area (Å²) in [5.41, 5.74) is 1.50. The van der Waals surface area contributed by atoms with E-state index in [1.165, 1.54) is 0 Å². The molecule has 98 valence electrons. The second-order valence-electron chi connectivity index (χ2n) is 4.46. The summed E-state index contributed by atoms with van der Waals surface area (Å²) in [4.78, 5) is 13.3. The highest BCUT2D eigenvalue weighted by Gasteiger charge is 2.22. The highest BCUT2D eigenvalue weighted by Crippen LogP contribution is 2.28. The van der Waals surface area contributed by atoms with Gasteiger partial charge in [-0.3, -0.25) is 4.79 Å². The summed E-state index contributed by atoms with van der Waals surface area (Å²) in [6, 6.07) is 5.58. The molecule has 18 heavy (non-hydrogen) atoms. The Kier molecular flexibility index (Phi) is 4.61. The van der Waals surface area contributed by atoms with E-state index < -0.39 is 0 Å². The van der Waals surface area contributed by atoms with Crippen molar-refractivity contribution < 1.29 is 9.53 Å². The topological polar surface area (TPSA) is 29.5 Å². The number of carbonyl (C=O) groups excluding carboxylic acids is 1. The van der Waals surface area contributed by atoms with E-state index in [9.17, 15) is 4.79 Å². The molecule has 1 aromatic rings. The van der Waals surface area contributed by atoms with Crippen LogP contribution in [0.4, 0.5) is 5.69 Å². The zero-order valence-corrected chi connectivity index (χ0v) is 11.3. The van der Waals surface area contributed by atoms with E-state index in [2.05, 4.69) is 4.90 Å². The lowest BCUT2D eigenvalue weighted by molar-refractivity contribution is 0.0526. The predicted molar refractivity (Wildman–Crippen MR) is 73.7 cm³/mol. The van der Waals surface area contributed by atoms with Crippen LogP contribution in [-0.2, 0) is 4.74 Å². The standard InChI is InChI=1S/C14H18ClNO2/c1-2-18-11-5-4-8-16(9-11)14-7-3-6-13(15)12(14)10-17/h3,6-7,10-11H,2,4-5,8-9H2,1H3. The fraction of sp³-hybridized carbons (Fsp3) is 0.500. The van der Waals surface area contributed by atoms with Gasteiger partial charge in [0.1, 0.15) is 0 Å². The predicted octanol–water partition coefficient (Wildman–Crippen LogP) is 3.16. The van der Waals surface area contributed by atoms with Crippen molar-refractivity contribution in [2.45, 2.75) is 25.9 Å². The quantitative estimate of drug-likeness (QED) is 0.785. The first-order valence-corrected chi connectivity index (χ1v) is 6.74. The third-order valence-electron chi connectivity index (χ3n) is 3.27. The van der Waals surface area contributed by atoms with Gasteiger partial charge in [0, 0.05) is 25.4 Å². The molecule has 0 aromatic heterocycles. The Bertz CT molecular complexity index is 420. The maximum Gasteiger partial charge on any atom is 0.153 e. The minimum atomic E-state index is 0.252. The molecule has 1 saturated heterocycles. The van der Waals surface area contributed by atoms with Crippen LogP contribution < -0.4 is 4.90 Å². The zero-order chi connectivity index (χ0) is 13.0. The molecular formula is C14H18ClNO2. The van der Waals surface area contributed by atoms with E-state index in [0.717, 1.165) is 44.5 Å². The van der Waals surface area contributed by atoms with Gasteiger partial charge in [-0.2, -0.15) is 0 Å². The zero-order valence-electron chi connectivity index (χ0n) is 10.6. The molecule has 0 aliphatic carbocycles. The number of hydrogen-bond donors (Lipinski definition) is 0. The van der Waals surface area contributed by atoms with E-state index in [-0.39, 0.29) is 6.10 Å². The van der Waals surface area contributed by atoms with Crippen LogP contribution in [0.15, 0.2) is 18.2 Å². The number of hydrogen-bond acceptors (Lipinski definition) is 3. The molecule has 1 aromatic carbocycles. The Morgan fingerprint density at radius 3 is 3.11 bits per heavy atom. The summed E-state index contributed by atoms with van der Waals surface area (Å²) in [5, 5.41) is 0.515. The van der Waals surface area contributed by atoms with Gasteiger partial charge in [-0.05, 0) is 31.9 Å². The number of halogens is 1. The van der Waals surface area contributed by atoms with E-state index in [1.54, 1.807) is 6.07 Å². The van der Waals surface area contributed by atoms with Crippen LogP contribution >= 0.6 is 11.6 Å². The minimum Gasteiger partial charge on any atom is -0.377 e. The van der Waals surface area contributed by atoms with Gasteiger partial charge in [0.15, 0.2) is 6.29 Å². The Morgan fingerprint density at radius 2 is 2.39 bits per heavy atom. The number of carbonyl (C=O) groups is 1. The largest absolute Gasteiger partial charge is 0.377 e. The Hall–Kier alpha value is -1.06. The van der Waals surface area contributed by atoms with Crippen molar-refractivity contribution in [3.63, 3.8) is 0 Å². The highest BCUT2D eigenvalue weighted by molar-refractivity contribution is 6.33. The van der Waals surface area contributed by atoms with Gasteiger partial charge in [0.2, 0.25) is 0 Å². The Balaban J connectivity index is 2.20.